The number of carbonyl (C=O) groups is 1. The number of hydrogen-bond donors (Lipinski definition) is 2. The molecule has 4 aliphatic rings. The van der Waals surface area contributed by atoms with E-state index in [2.05, 4.69) is 20.6 Å². The third-order valence-corrected chi connectivity index (χ3v) is 14.2. The van der Waals surface area contributed by atoms with E-state index in [4.69, 9.17) is 35.7 Å². The molecule has 0 bridgehead atoms. The maximum Gasteiger partial charge on any atom is 0.237 e. The Morgan fingerprint density at radius 2 is 1.82 bits per heavy atom. The molecule has 1 saturated carbocycles. The highest BCUT2D eigenvalue weighted by molar-refractivity contribution is 7.90. The quantitative estimate of drug-likeness (QED) is 0.170. The van der Waals surface area contributed by atoms with E-state index in [-0.39, 0.29) is 12.1 Å². The molecule has 5 aromatic rings. The fourth-order valence-electron chi connectivity index (χ4n) is 8.77. The zero-order valence-electron chi connectivity index (χ0n) is 31.7. The van der Waals surface area contributed by atoms with Gasteiger partial charge in [-0.2, -0.15) is 5.26 Å². The summed E-state index contributed by atoms with van der Waals surface area (Å²) >= 11 is 7.16. The van der Waals surface area contributed by atoms with Gasteiger partial charge in [-0.05, 0) is 86.4 Å². The van der Waals surface area contributed by atoms with Crippen molar-refractivity contribution >= 4 is 38.6 Å². The molecule has 3 atom stereocenters. The van der Waals surface area contributed by atoms with E-state index in [1.165, 1.54) is 0 Å². The average molecular weight is 808 g/mol. The number of methoxy groups -OCH3 is 1. The summed E-state index contributed by atoms with van der Waals surface area (Å²) < 4.78 is 39.2. The Morgan fingerprint density at radius 3 is 2.56 bits per heavy atom. The van der Waals surface area contributed by atoms with E-state index in [9.17, 15) is 23.6 Å². The van der Waals surface area contributed by atoms with E-state index in [0.717, 1.165) is 52.8 Å². The smallest absolute Gasteiger partial charge is 0.237 e. The number of ether oxygens (including phenoxy) is 1. The molecule has 15 heteroatoms. The Labute approximate surface area is 335 Å². The molecule has 2 aromatic heterocycles. The van der Waals surface area contributed by atoms with Crippen molar-refractivity contribution in [3.8, 4) is 45.8 Å². The molecule has 0 spiro atoms. The molecule has 3 aromatic carbocycles. The number of halogens is 1. The maximum atomic E-state index is 12.9. The van der Waals surface area contributed by atoms with Crippen LogP contribution in [0.2, 0.25) is 5.02 Å². The molecule has 1 amide bonds. The molecule has 4 heterocycles. The Hall–Kier alpha value is -4.91. The minimum absolute atomic E-state index is 0.0195. The molecule has 57 heavy (non-hydrogen) atoms. The number of nitrogens with zero attached hydrogens (tertiary/aromatic N) is 6. The van der Waals surface area contributed by atoms with Gasteiger partial charge in [-0.15, -0.1) is 0 Å². The second kappa shape index (κ2) is 14.8. The zero-order valence-corrected chi connectivity index (χ0v) is 33.2. The fraction of sp³-hybridized carbons (Fsp3) is 0.405. The van der Waals surface area contributed by atoms with Crippen molar-refractivity contribution in [2.24, 2.45) is 5.92 Å². The van der Waals surface area contributed by atoms with Crippen molar-refractivity contribution in [2.75, 3.05) is 33.3 Å². The van der Waals surface area contributed by atoms with Crippen LogP contribution in [-0.2, 0) is 27.8 Å². The third kappa shape index (κ3) is 6.95. The van der Waals surface area contributed by atoms with Crippen molar-refractivity contribution in [1.82, 2.24) is 29.5 Å². The average Bonchev–Trinajstić information content (AvgIpc) is 3.47. The van der Waals surface area contributed by atoms with Gasteiger partial charge in [0.05, 0.1) is 41.3 Å². The number of aliphatic hydroxyl groups is 1. The highest BCUT2D eigenvalue weighted by Crippen LogP contribution is 2.45. The summed E-state index contributed by atoms with van der Waals surface area (Å²) in [6.07, 6.45) is 5.33. The van der Waals surface area contributed by atoms with Gasteiger partial charge >= 0.3 is 0 Å². The van der Waals surface area contributed by atoms with Crippen LogP contribution in [0.4, 0.5) is 0 Å². The summed E-state index contributed by atoms with van der Waals surface area (Å²) in [4.78, 5) is 31.7. The molecule has 9 rings (SSSR count). The number of carbonyl (C=O) groups excluding carboxylic acids is 1. The second-order valence-electron chi connectivity index (χ2n) is 15.6. The highest BCUT2D eigenvalue weighted by Gasteiger charge is 2.41. The number of oxazole rings is 1. The van der Waals surface area contributed by atoms with Gasteiger partial charge in [-0.25, -0.2) is 18.4 Å². The molecule has 13 nitrogen and oxygen atoms in total. The number of rotatable bonds is 10. The first-order chi connectivity index (χ1) is 27.5. The van der Waals surface area contributed by atoms with Crippen molar-refractivity contribution in [1.29, 1.82) is 5.26 Å². The maximum absolute atomic E-state index is 12.9. The molecule has 0 radical (unpaired) electrons. The van der Waals surface area contributed by atoms with E-state index >= 15 is 0 Å². The van der Waals surface area contributed by atoms with Crippen molar-refractivity contribution in [2.45, 2.75) is 69.4 Å². The monoisotopic (exact) mass is 807 g/mol. The molecule has 2 N–H and O–H groups in total. The van der Waals surface area contributed by atoms with Gasteiger partial charge < -0.3 is 14.3 Å². The van der Waals surface area contributed by atoms with Gasteiger partial charge in [0, 0.05) is 48.9 Å². The van der Waals surface area contributed by atoms with E-state index in [1.807, 2.05) is 49.4 Å². The largest absolute Gasteiger partial charge is 0.480 e. The molecule has 0 unspecified atom stereocenters. The van der Waals surface area contributed by atoms with Gasteiger partial charge in [0.2, 0.25) is 27.7 Å². The number of amides is 1. The number of nitriles is 1. The first-order valence-electron chi connectivity index (χ1n) is 19.4. The SMILES string of the molecule is COc1nc(-c2cccc(-c3cccc(-c4nc5cc6c(c(C#N)c5o4)CC[C@H]6N4CC[C@@H](C(=O)NS(=O)(=O)C5CC5)C4)c3C)c2Cl)cnc1CN1CC[C@@H](O)C1. The predicted octanol–water partition coefficient (Wildman–Crippen LogP) is 5.95. The topological polar surface area (TPSA) is 175 Å². The molecular formula is C42H42ClN7O6S. The number of aromatic nitrogens is 3. The molecule has 3 fully saturated rings. The van der Waals surface area contributed by atoms with E-state index < -0.39 is 27.1 Å². The van der Waals surface area contributed by atoms with Crippen LogP contribution in [0.15, 0.2) is 53.1 Å². The Bertz CT molecular complexity index is 2590. The summed E-state index contributed by atoms with van der Waals surface area (Å²) in [6, 6.07) is 16.0. The van der Waals surface area contributed by atoms with Gasteiger partial charge in [-0.1, -0.05) is 41.9 Å². The standard InChI is InChI=1S/C42H42ClN7O6S/c1-23-27(30-7-4-8-31(38(30)43)35-19-45-36(42(47-35)55-2)22-49-15-14-25(51)21-49)5-3-6-28(23)41-46-34-17-32-29(33(18-44)39(34)56-41)11-12-37(32)50-16-13-24(20-50)40(52)48-57(53,54)26-9-10-26/h3-8,17,19,24-26,37,51H,9-16,20-22H2,1-2H3,(H,48,52)/t24-,25-,37-/m1/s1. The van der Waals surface area contributed by atoms with Crippen LogP contribution in [-0.4, -0.2) is 88.8 Å². The fourth-order valence-corrected chi connectivity index (χ4v) is 10.5. The number of aliphatic hydroxyl groups excluding tert-OH is 1. The number of benzene rings is 3. The zero-order chi connectivity index (χ0) is 39.6. The van der Waals surface area contributed by atoms with Crippen LogP contribution < -0.4 is 9.46 Å². The Balaban J connectivity index is 0.991. The van der Waals surface area contributed by atoms with Crippen LogP contribution in [0.25, 0.3) is 44.9 Å². The Kier molecular flexibility index (Phi) is 9.77. The van der Waals surface area contributed by atoms with Crippen molar-refractivity contribution in [3.63, 3.8) is 0 Å². The minimum Gasteiger partial charge on any atom is -0.480 e. The van der Waals surface area contributed by atoms with E-state index in [1.54, 1.807) is 13.3 Å². The van der Waals surface area contributed by atoms with Crippen LogP contribution in [0.1, 0.15) is 66.1 Å². The second-order valence-corrected chi connectivity index (χ2v) is 17.9. The number of likely N-dealkylation sites (tertiary alicyclic amines) is 2. The first kappa shape index (κ1) is 37.7. The van der Waals surface area contributed by atoms with Gasteiger partial charge in [0.1, 0.15) is 22.8 Å². The molecule has 2 aliphatic heterocycles. The number of sulfonamides is 1. The van der Waals surface area contributed by atoms with Crippen LogP contribution in [0.5, 0.6) is 5.88 Å². The lowest BCUT2D eigenvalue weighted by molar-refractivity contribution is -0.122. The molecule has 294 valence electrons. The lowest BCUT2D eigenvalue weighted by atomic mass is 9.94. The Morgan fingerprint density at radius 1 is 1.05 bits per heavy atom. The third-order valence-electron chi connectivity index (χ3n) is 12.0. The number of β-amino-alcohol motifs (C(OH)–C–C–N with tert-alkyl or cyclic N) is 1. The van der Waals surface area contributed by atoms with Crippen molar-refractivity contribution < 1.29 is 27.5 Å². The molecular weight excluding hydrogens is 766 g/mol. The summed E-state index contributed by atoms with van der Waals surface area (Å²) in [5, 5.41) is 20.4. The lowest BCUT2D eigenvalue weighted by Gasteiger charge is -2.24. The van der Waals surface area contributed by atoms with E-state index in [0.29, 0.717) is 102 Å². The number of nitrogens with one attached hydrogen (secondary N) is 1. The van der Waals surface area contributed by atoms with Crippen molar-refractivity contribution in [3.05, 3.63) is 81.6 Å². The minimum atomic E-state index is -3.60. The summed E-state index contributed by atoms with van der Waals surface area (Å²) in [7, 11) is -2.03. The first-order valence-corrected chi connectivity index (χ1v) is 21.3. The molecule has 2 aliphatic carbocycles. The van der Waals surface area contributed by atoms with Gasteiger partial charge in [0.25, 0.3) is 0 Å². The summed E-state index contributed by atoms with van der Waals surface area (Å²) in [5.74, 6) is -0.0456. The van der Waals surface area contributed by atoms with Gasteiger partial charge in [0.15, 0.2) is 5.58 Å². The van der Waals surface area contributed by atoms with Crippen LogP contribution in [0, 0.1) is 24.2 Å². The van der Waals surface area contributed by atoms with Crippen LogP contribution in [0.3, 0.4) is 0 Å². The molecule has 2 saturated heterocycles. The normalized spacial score (nSPS) is 21.2. The number of fused-ring (bicyclic) bond motifs is 2. The number of hydrogen-bond acceptors (Lipinski definition) is 12. The van der Waals surface area contributed by atoms with Crippen LogP contribution >= 0.6 is 11.6 Å². The summed E-state index contributed by atoms with van der Waals surface area (Å²) in [5.41, 5.74) is 8.72. The lowest BCUT2D eigenvalue weighted by Crippen LogP contribution is -2.38. The summed E-state index contributed by atoms with van der Waals surface area (Å²) in [6.45, 7) is 4.99. The highest BCUT2D eigenvalue weighted by atomic mass is 35.5. The van der Waals surface area contributed by atoms with Gasteiger partial charge in [-0.3, -0.25) is 24.3 Å². The predicted molar refractivity (Wildman–Crippen MR) is 214 cm³/mol.